The molecule has 1 aliphatic rings. The first-order valence-corrected chi connectivity index (χ1v) is 10.7. The standard InChI is InChI=1S/C15H15I2N5O4S/c16-10-5-9(6-11(17)13(10)24)7-18-19-12(23)8-26-15-14(20-27-21-15)22-1-3-25-4-2-22/h5-7,24H,1-4,8H2,(H,19,23)/b18-7-. The van der Waals surface area contributed by atoms with Gasteiger partial charge in [0, 0.05) is 13.1 Å². The minimum Gasteiger partial charge on any atom is -0.506 e. The number of morpholine rings is 1. The number of hydrazone groups is 1. The number of phenolic OH excluding ortho intramolecular Hbond substituents is 1. The number of ether oxygens (including phenoxy) is 2. The normalized spacial score (nSPS) is 14.5. The van der Waals surface area contributed by atoms with Gasteiger partial charge < -0.3 is 19.5 Å². The van der Waals surface area contributed by atoms with Crippen LogP contribution in [0.25, 0.3) is 0 Å². The molecule has 0 radical (unpaired) electrons. The molecule has 2 aromatic rings. The summed E-state index contributed by atoms with van der Waals surface area (Å²) in [5.74, 6) is 0.797. The number of carbonyl (C=O) groups excluding carboxylic acids is 1. The van der Waals surface area contributed by atoms with Crippen LogP contribution in [0, 0.1) is 7.14 Å². The number of nitrogens with zero attached hydrogens (tertiary/aromatic N) is 4. The van der Waals surface area contributed by atoms with Gasteiger partial charge in [0.25, 0.3) is 11.8 Å². The van der Waals surface area contributed by atoms with Crippen molar-refractivity contribution in [2.75, 3.05) is 37.8 Å². The summed E-state index contributed by atoms with van der Waals surface area (Å²) in [5.41, 5.74) is 3.17. The van der Waals surface area contributed by atoms with Crippen LogP contribution in [-0.2, 0) is 9.53 Å². The van der Waals surface area contributed by atoms with Crippen molar-refractivity contribution in [3.8, 4) is 11.6 Å². The van der Waals surface area contributed by atoms with Gasteiger partial charge in [-0.25, -0.2) is 5.43 Å². The second-order valence-corrected chi connectivity index (χ2v) is 8.26. The molecule has 12 heteroatoms. The molecule has 0 bridgehead atoms. The summed E-state index contributed by atoms with van der Waals surface area (Å²) in [6.07, 6.45) is 1.51. The van der Waals surface area contributed by atoms with Crippen molar-refractivity contribution < 1.29 is 19.4 Å². The number of amides is 1. The Morgan fingerprint density at radius 2 is 2.07 bits per heavy atom. The number of anilines is 1. The number of rotatable bonds is 6. The SMILES string of the molecule is O=C(COc1nsnc1N1CCOCC1)N/N=C\c1cc(I)c(O)c(I)c1. The summed E-state index contributed by atoms with van der Waals surface area (Å²) < 4.78 is 20.6. The van der Waals surface area contributed by atoms with E-state index in [1.54, 1.807) is 12.1 Å². The summed E-state index contributed by atoms with van der Waals surface area (Å²) >= 11 is 5.11. The molecule has 0 unspecified atom stereocenters. The molecule has 0 aliphatic carbocycles. The summed E-state index contributed by atoms with van der Waals surface area (Å²) in [4.78, 5) is 14.0. The lowest BCUT2D eigenvalue weighted by atomic mass is 10.2. The fourth-order valence-electron chi connectivity index (χ4n) is 2.24. The van der Waals surface area contributed by atoms with Crippen LogP contribution in [0.5, 0.6) is 11.6 Å². The number of benzene rings is 1. The highest BCUT2D eigenvalue weighted by Crippen LogP contribution is 2.27. The van der Waals surface area contributed by atoms with Gasteiger partial charge in [0.1, 0.15) is 5.75 Å². The average molecular weight is 615 g/mol. The highest BCUT2D eigenvalue weighted by atomic mass is 127. The van der Waals surface area contributed by atoms with Gasteiger partial charge in [0.05, 0.1) is 38.3 Å². The third-order valence-electron chi connectivity index (χ3n) is 3.54. The van der Waals surface area contributed by atoms with E-state index in [1.165, 1.54) is 6.21 Å². The number of aromatic hydroxyl groups is 1. The second-order valence-electron chi connectivity index (χ2n) is 5.41. The Morgan fingerprint density at radius 1 is 1.37 bits per heavy atom. The number of carbonyl (C=O) groups is 1. The fourth-order valence-corrected chi connectivity index (χ4v) is 4.58. The third kappa shape index (κ3) is 5.61. The molecule has 2 heterocycles. The predicted molar refractivity (Wildman–Crippen MR) is 118 cm³/mol. The zero-order chi connectivity index (χ0) is 19.2. The van der Waals surface area contributed by atoms with Crippen molar-refractivity contribution in [3.63, 3.8) is 0 Å². The fraction of sp³-hybridized carbons (Fsp3) is 0.333. The highest BCUT2D eigenvalue weighted by Gasteiger charge is 2.20. The first kappa shape index (κ1) is 20.5. The summed E-state index contributed by atoms with van der Waals surface area (Å²) in [5, 5.41) is 13.7. The molecule has 0 atom stereocenters. The minimum absolute atomic E-state index is 0.218. The van der Waals surface area contributed by atoms with Crippen LogP contribution < -0.4 is 15.1 Å². The van der Waals surface area contributed by atoms with Crippen LogP contribution >= 0.6 is 56.9 Å². The Hall–Kier alpha value is -1.26. The molecule has 1 amide bonds. The van der Waals surface area contributed by atoms with Crippen molar-refractivity contribution in [2.45, 2.75) is 0 Å². The highest BCUT2D eigenvalue weighted by molar-refractivity contribution is 14.1. The molecule has 144 valence electrons. The second kappa shape index (κ2) is 9.79. The third-order valence-corrected chi connectivity index (χ3v) is 5.68. The van der Waals surface area contributed by atoms with Crippen molar-refractivity contribution in [1.82, 2.24) is 14.2 Å². The number of halogens is 2. The lowest BCUT2D eigenvalue weighted by Crippen LogP contribution is -2.36. The molecule has 1 fully saturated rings. The van der Waals surface area contributed by atoms with E-state index in [9.17, 15) is 9.90 Å². The number of hydrogen-bond donors (Lipinski definition) is 2. The van der Waals surface area contributed by atoms with E-state index in [4.69, 9.17) is 9.47 Å². The number of aromatic nitrogens is 2. The van der Waals surface area contributed by atoms with E-state index in [2.05, 4.69) is 19.3 Å². The van der Waals surface area contributed by atoms with Crippen LogP contribution in [0.3, 0.4) is 0 Å². The quantitative estimate of drug-likeness (QED) is 0.290. The largest absolute Gasteiger partial charge is 0.506 e. The molecule has 0 saturated carbocycles. The molecule has 27 heavy (non-hydrogen) atoms. The molecular weight excluding hydrogens is 600 g/mol. The van der Waals surface area contributed by atoms with Crippen LogP contribution in [0.15, 0.2) is 17.2 Å². The predicted octanol–water partition coefficient (Wildman–Crippen LogP) is 1.82. The lowest BCUT2D eigenvalue weighted by molar-refractivity contribution is -0.123. The van der Waals surface area contributed by atoms with Gasteiger partial charge in [-0.05, 0) is 62.9 Å². The molecule has 1 aromatic carbocycles. The maximum Gasteiger partial charge on any atom is 0.278 e. The molecule has 1 saturated heterocycles. The Morgan fingerprint density at radius 3 is 2.78 bits per heavy atom. The Balaban J connectivity index is 1.51. The number of phenols is 1. The van der Waals surface area contributed by atoms with Crippen molar-refractivity contribution in [2.24, 2.45) is 5.10 Å². The van der Waals surface area contributed by atoms with Crippen LogP contribution in [0.1, 0.15) is 5.56 Å². The Bertz CT molecular complexity index is 818. The number of nitrogens with one attached hydrogen (secondary N) is 1. The molecule has 3 rings (SSSR count). The first-order chi connectivity index (χ1) is 13.0. The monoisotopic (exact) mass is 615 g/mol. The maximum atomic E-state index is 11.9. The van der Waals surface area contributed by atoms with E-state index >= 15 is 0 Å². The molecule has 9 nitrogen and oxygen atoms in total. The van der Waals surface area contributed by atoms with Gasteiger partial charge in [-0.2, -0.15) is 9.47 Å². The summed E-state index contributed by atoms with van der Waals surface area (Å²) in [6, 6.07) is 3.53. The number of hydrogen-bond acceptors (Lipinski definition) is 9. The van der Waals surface area contributed by atoms with E-state index in [0.29, 0.717) is 45.1 Å². The van der Waals surface area contributed by atoms with Crippen LogP contribution in [0.4, 0.5) is 5.82 Å². The molecule has 1 aromatic heterocycles. The minimum atomic E-state index is -0.407. The molecular formula is C15H15I2N5O4S. The zero-order valence-corrected chi connectivity index (χ0v) is 19.0. The molecule has 1 aliphatic heterocycles. The topological polar surface area (TPSA) is 109 Å². The van der Waals surface area contributed by atoms with Gasteiger partial charge in [-0.15, -0.1) is 4.37 Å². The van der Waals surface area contributed by atoms with Gasteiger partial charge in [0.15, 0.2) is 6.61 Å². The van der Waals surface area contributed by atoms with E-state index in [1.807, 2.05) is 50.1 Å². The average Bonchev–Trinajstić information content (AvgIpc) is 3.14. The maximum absolute atomic E-state index is 11.9. The van der Waals surface area contributed by atoms with Crippen LogP contribution in [0.2, 0.25) is 0 Å². The van der Waals surface area contributed by atoms with Gasteiger partial charge in [-0.3, -0.25) is 4.79 Å². The first-order valence-electron chi connectivity index (χ1n) is 7.82. The van der Waals surface area contributed by atoms with Crippen molar-refractivity contribution in [3.05, 3.63) is 24.8 Å². The van der Waals surface area contributed by atoms with Gasteiger partial charge in [0.2, 0.25) is 5.82 Å². The smallest absolute Gasteiger partial charge is 0.278 e. The van der Waals surface area contributed by atoms with E-state index < -0.39 is 5.91 Å². The zero-order valence-electron chi connectivity index (χ0n) is 13.9. The summed E-state index contributed by atoms with van der Waals surface area (Å²) in [6.45, 7) is 2.46. The molecule has 0 spiro atoms. The summed E-state index contributed by atoms with van der Waals surface area (Å²) in [7, 11) is 0. The van der Waals surface area contributed by atoms with E-state index in [-0.39, 0.29) is 12.4 Å². The Kier molecular flexibility index (Phi) is 7.42. The van der Waals surface area contributed by atoms with Crippen LogP contribution in [-0.4, -0.2) is 58.9 Å². The molecule has 2 N–H and O–H groups in total. The van der Waals surface area contributed by atoms with E-state index in [0.717, 1.165) is 17.3 Å². The van der Waals surface area contributed by atoms with Gasteiger partial charge >= 0.3 is 0 Å². The lowest BCUT2D eigenvalue weighted by Gasteiger charge is -2.26. The Labute approximate surface area is 186 Å². The van der Waals surface area contributed by atoms with Gasteiger partial charge in [-0.1, -0.05) is 0 Å². The van der Waals surface area contributed by atoms with Crippen molar-refractivity contribution in [1.29, 1.82) is 0 Å². The van der Waals surface area contributed by atoms with Crippen molar-refractivity contribution >= 4 is 74.8 Å².